The number of hydrogen-bond donors (Lipinski definition) is 1. The van der Waals surface area contributed by atoms with Crippen LogP contribution < -0.4 is 10.5 Å². The van der Waals surface area contributed by atoms with E-state index >= 15 is 0 Å². The number of ether oxygens (including phenoxy) is 1. The lowest BCUT2D eigenvalue weighted by Crippen LogP contribution is -2.02. The molecule has 0 aliphatic heterocycles. The van der Waals surface area contributed by atoms with Crippen molar-refractivity contribution in [2.75, 3.05) is 5.73 Å². The van der Waals surface area contributed by atoms with Crippen molar-refractivity contribution >= 4 is 28.5 Å². The Bertz CT molecular complexity index is 744. The van der Waals surface area contributed by atoms with E-state index in [0.29, 0.717) is 17.5 Å². The van der Waals surface area contributed by atoms with Crippen LogP contribution in [0.15, 0.2) is 48.5 Å². The summed E-state index contributed by atoms with van der Waals surface area (Å²) in [5, 5.41) is 1.54. The van der Waals surface area contributed by atoms with Gasteiger partial charge in [0, 0.05) is 5.02 Å². The van der Waals surface area contributed by atoms with E-state index in [9.17, 15) is 0 Å². The molecule has 0 atom stereocenters. The van der Waals surface area contributed by atoms with Gasteiger partial charge in [0.1, 0.15) is 6.61 Å². The van der Waals surface area contributed by atoms with Crippen LogP contribution in [0.5, 0.6) is 5.88 Å². The number of nitrogen functional groups attached to an aromatic ring is 1. The number of benzene rings is 2. The van der Waals surface area contributed by atoms with Gasteiger partial charge in [-0.3, -0.25) is 0 Å². The second-order valence-electron chi connectivity index (χ2n) is 4.32. The predicted octanol–water partition coefficient (Wildman–Crippen LogP) is 3.44. The fraction of sp³-hybridized carbons (Fsp3) is 0.0667. The smallest absolute Gasteiger partial charge is 0.226 e. The first kappa shape index (κ1) is 12.7. The lowest BCUT2D eigenvalue weighted by Gasteiger charge is -2.08. The van der Waals surface area contributed by atoms with Crippen LogP contribution in [0.25, 0.3) is 10.9 Å². The zero-order valence-corrected chi connectivity index (χ0v) is 11.3. The van der Waals surface area contributed by atoms with Gasteiger partial charge in [0.15, 0.2) is 0 Å². The maximum atomic E-state index is 5.85. The molecule has 0 radical (unpaired) electrons. The second-order valence-corrected chi connectivity index (χ2v) is 4.76. The van der Waals surface area contributed by atoms with Gasteiger partial charge in [-0.2, -0.15) is 4.98 Å². The van der Waals surface area contributed by atoms with Crippen LogP contribution in [0.1, 0.15) is 5.56 Å². The molecule has 0 spiro atoms. The van der Waals surface area contributed by atoms with Gasteiger partial charge in [0.2, 0.25) is 11.8 Å². The van der Waals surface area contributed by atoms with E-state index in [1.54, 1.807) is 0 Å². The average molecular weight is 286 g/mol. The van der Waals surface area contributed by atoms with Gasteiger partial charge < -0.3 is 10.5 Å². The minimum absolute atomic E-state index is 0.204. The Morgan fingerprint density at radius 3 is 2.55 bits per heavy atom. The summed E-state index contributed by atoms with van der Waals surface area (Å²) in [5.74, 6) is 0.692. The molecule has 3 rings (SSSR count). The van der Waals surface area contributed by atoms with E-state index in [1.165, 1.54) is 0 Å². The van der Waals surface area contributed by atoms with Crippen LogP contribution in [0, 0.1) is 0 Å². The maximum Gasteiger partial charge on any atom is 0.226 e. The predicted molar refractivity (Wildman–Crippen MR) is 79.7 cm³/mol. The number of halogens is 1. The number of rotatable bonds is 3. The molecule has 100 valence electrons. The Morgan fingerprint density at radius 1 is 1.00 bits per heavy atom. The summed E-state index contributed by atoms with van der Waals surface area (Å²) in [5.41, 5.74) is 7.47. The first-order valence-corrected chi connectivity index (χ1v) is 6.50. The van der Waals surface area contributed by atoms with Gasteiger partial charge in [0.05, 0.1) is 10.9 Å². The first-order valence-electron chi connectivity index (χ1n) is 6.12. The van der Waals surface area contributed by atoms with Crippen molar-refractivity contribution in [2.45, 2.75) is 6.61 Å². The lowest BCUT2D eigenvalue weighted by atomic mass is 10.2. The van der Waals surface area contributed by atoms with Crippen LogP contribution in [0.3, 0.4) is 0 Å². The highest BCUT2D eigenvalue weighted by Gasteiger charge is 2.07. The van der Waals surface area contributed by atoms with Crippen LogP contribution in [-0.4, -0.2) is 9.97 Å². The van der Waals surface area contributed by atoms with Gasteiger partial charge in [0.25, 0.3) is 0 Å². The minimum atomic E-state index is 0.204. The monoisotopic (exact) mass is 285 g/mol. The summed E-state index contributed by atoms with van der Waals surface area (Å²) >= 11 is 5.85. The molecular weight excluding hydrogens is 274 g/mol. The van der Waals surface area contributed by atoms with E-state index in [4.69, 9.17) is 22.1 Å². The van der Waals surface area contributed by atoms with Crippen LogP contribution in [0.4, 0.5) is 5.95 Å². The third-order valence-corrected chi connectivity index (χ3v) is 3.13. The number of nitrogens with zero attached hydrogens (tertiary/aromatic N) is 2. The van der Waals surface area contributed by atoms with Crippen molar-refractivity contribution in [3.63, 3.8) is 0 Å². The molecule has 0 aliphatic carbocycles. The fourth-order valence-corrected chi connectivity index (χ4v) is 2.03. The van der Waals surface area contributed by atoms with Gasteiger partial charge in [-0.05, 0) is 29.8 Å². The topological polar surface area (TPSA) is 61.0 Å². The van der Waals surface area contributed by atoms with Crippen molar-refractivity contribution in [3.05, 3.63) is 59.1 Å². The summed E-state index contributed by atoms with van der Waals surface area (Å²) in [6.45, 7) is 0.400. The molecule has 0 bridgehead atoms. The first-order chi connectivity index (χ1) is 9.72. The highest BCUT2D eigenvalue weighted by molar-refractivity contribution is 6.30. The third kappa shape index (κ3) is 2.65. The van der Waals surface area contributed by atoms with E-state index in [2.05, 4.69) is 9.97 Å². The van der Waals surface area contributed by atoms with Gasteiger partial charge in [-0.25, -0.2) is 4.98 Å². The van der Waals surface area contributed by atoms with Gasteiger partial charge >= 0.3 is 0 Å². The summed E-state index contributed by atoms with van der Waals surface area (Å²) in [6, 6.07) is 15.1. The quantitative estimate of drug-likeness (QED) is 0.801. The molecule has 0 amide bonds. The number of nitrogens with two attached hydrogens (primary N) is 1. The largest absolute Gasteiger partial charge is 0.472 e. The molecule has 0 unspecified atom stereocenters. The fourth-order valence-electron chi connectivity index (χ4n) is 1.91. The summed E-state index contributed by atoms with van der Waals surface area (Å²) in [7, 11) is 0. The molecule has 0 saturated carbocycles. The Balaban J connectivity index is 1.88. The van der Waals surface area contributed by atoms with E-state index in [1.807, 2.05) is 48.5 Å². The highest BCUT2D eigenvalue weighted by atomic mass is 35.5. The van der Waals surface area contributed by atoms with E-state index < -0.39 is 0 Å². The van der Waals surface area contributed by atoms with Crippen molar-refractivity contribution in [2.24, 2.45) is 0 Å². The van der Waals surface area contributed by atoms with Gasteiger partial charge in [-0.1, -0.05) is 35.9 Å². The number of anilines is 1. The zero-order valence-electron chi connectivity index (χ0n) is 10.6. The molecule has 20 heavy (non-hydrogen) atoms. The summed E-state index contributed by atoms with van der Waals surface area (Å²) in [6.07, 6.45) is 0. The molecule has 0 aliphatic rings. The van der Waals surface area contributed by atoms with E-state index in [-0.39, 0.29) is 5.95 Å². The average Bonchev–Trinajstić information content (AvgIpc) is 2.46. The Hall–Kier alpha value is -2.33. The lowest BCUT2D eigenvalue weighted by molar-refractivity contribution is 0.298. The standard InChI is InChI=1S/C15H12ClN3O/c16-11-7-5-10(6-8-11)9-20-14-12-3-1-2-4-13(12)18-15(17)19-14/h1-8H,9H2,(H2,17,18,19). The van der Waals surface area contributed by atoms with Crippen LogP contribution in [-0.2, 0) is 6.61 Å². The van der Waals surface area contributed by atoms with Crippen LogP contribution >= 0.6 is 11.6 Å². The SMILES string of the molecule is Nc1nc(OCc2ccc(Cl)cc2)c2ccccc2n1. The molecule has 5 heteroatoms. The molecule has 3 aromatic rings. The van der Waals surface area contributed by atoms with Crippen LogP contribution in [0.2, 0.25) is 5.02 Å². The molecule has 1 aromatic heterocycles. The van der Waals surface area contributed by atoms with Gasteiger partial charge in [-0.15, -0.1) is 0 Å². The molecule has 2 N–H and O–H groups in total. The van der Waals surface area contributed by atoms with Crippen molar-refractivity contribution in [1.29, 1.82) is 0 Å². The number of hydrogen-bond acceptors (Lipinski definition) is 4. The molecular formula is C15H12ClN3O. The maximum absolute atomic E-state index is 5.85. The molecule has 2 aromatic carbocycles. The summed E-state index contributed by atoms with van der Waals surface area (Å²) < 4.78 is 5.75. The van der Waals surface area contributed by atoms with Crippen molar-refractivity contribution in [1.82, 2.24) is 9.97 Å². The summed E-state index contributed by atoms with van der Waals surface area (Å²) in [4.78, 5) is 8.32. The minimum Gasteiger partial charge on any atom is -0.472 e. The normalized spacial score (nSPS) is 10.7. The highest BCUT2D eigenvalue weighted by Crippen LogP contribution is 2.23. The third-order valence-electron chi connectivity index (χ3n) is 2.87. The Labute approximate surface area is 121 Å². The van der Waals surface area contributed by atoms with E-state index in [0.717, 1.165) is 16.5 Å². The van der Waals surface area contributed by atoms with Crippen molar-refractivity contribution in [3.8, 4) is 5.88 Å². The number of para-hydroxylation sites is 1. The molecule has 0 saturated heterocycles. The number of fused-ring (bicyclic) bond motifs is 1. The Morgan fingerprint density at radius 2 is 1.75 bits per heavy atom. The number of aromatic nitrogens is 2. The Kier molecular flexibility index (Phi) is 3.39. The molecule has 1 heterocycles. The molecule has 0 fully saturated rings. The zero-order chi connectivity index (χ0) is 13.9. The second kappa shape index (κ2) is 5.35. The molecule has 4 nitrogen and oxygen atoms in total. The van der Waals surface area contributed by atoms with Crippen molar-refractivity contribution < 1.29 is 4.74 Å².